The molecule has 2 aromatic carbocycles. The number of rotatable bonds is 11. The number of benzene rings is 2. The number of amides is 2. The van der Waals surface area contributed by atoms with Crippen LogP contribution in [0.2, 0.25) is 0 Å². The molecule has 34 heavy (non-hydrogen) atoms. The summed E-state index contributed by atoms with van der Waals surface area (Å²) < 4.78 is 31.3. The third kappa shape index (κ3) is 7.76. The van der Waals surface area contributed by atoms with E-state index in [-0.39, 0.29) is 18.4 Å². The van der Waals surface area contributed by atoms with Gasteiger partial charge in [-0.25, -0.2) is 8.42 Å². The van der Waals surface area contributed by atoms with Gasteiger partial charge in [0.15, 0.2) is 0 Å². The molecule has 8 nitrogen and oxygen atoms in total. The van der Waals surface area contributed by atoms with Crippen molar-refractivity contribution in [2.45, 2.75) is 40.3 Å². The van der Waals surface area contributed by atoms with Crippen molar-refractivity contribution in [1.29, 1.82) is 0 Å². The topological polar surface area (TPSA) is 96.0 Å². The Bertz CT molecular complexity index is 1080. The normalized spacial score (nSPS) is 12.2. The molecule has 1 atom stereocenters. The first-order valence-corrected chi connectivity index (χ1v) is 13.0. The van der Waals surface area contributed by atoms with Gasteiger partial charge in [-0.2, -0.15) is 0 Å². The number of carbonyl (C=O) groups excluding carboxylic acids is 2. The van der Waals surface area contributed by atoms with E-state index in [1.54, 1.807) is 31.2 Å². The molecular weight excluding hydrogens is 454 g/mol. The predicted molar refractivity (Wildman–Crippen MR) is 134 cm³/mol. The number of aryl methyl sites for hydroxylation is 1. The van der Waals surface area contributed by atoms with Crippen LogP contribution in [0.25, 0.3) is 0 Å². The van der Waals surface area contributed by atoms with Gasteiger partial charge < -0.3 is 15.0 Å². The van der Waals surface area contributed by atoms with Crippen molar-refractivity contribution in [3.05, 3.63) is 59.7 Å². The number of anilines is 1. The summed E-state index contributed by atoms with van der Waals surface area (Å²) in [5.41, 5.74) is 2.22. The van der Waals surface area contributed by atoms with E-state index in [0.717, 1.165) is 21.7 Å². The Hall–Kier alpha value is -3.07. The van der Waals surface area contributed by atoms with Gasteiger partial charge in [0.2, 0.25) is 21.8 Å². The first kappa shape index (κ1) is 27.2. The van der Waals surface area contributed by atoms with Crippen LogP contribution in [0, 0.1) is 12.8 Å². The van der Waals surface area contributed by atoms with E-state index in [4.69, 9.17) is 4.74 Å². The largest absolute Gasteiger partial charge is 0.497 e. The minimum Gasteiger partial charge on any atom is -0.497 e. The number of ether oxygens (including phenoxy) is 1. The highest BCUT2D eigenvalue weighted by Crippen LogP contribution is 2.22. The molecule has 0 saturated heterocycles. The van der Waals surface area contributed by atoms with E-state index in [0.29, 0.717) is 18.0 Å². The first-order valence-electron chi connectivity index (χ1n) is 11.2. The van der Waals surface area contributed by atoms with Gasteiger partial charge in [-0.1, -0.05) is 43.7 Å². The number of carbonyl (C=O) groups is 2. The Balaban J connectivity index is 2.35. The molecule has 0 aliphatic carbocycles. The van der Waals surface area contributed by atoms with Crippen LogP contribution in [0.5, 0.6) is 5.75 Å². The van der Waals surface area contributed by atoms with Gasteiger partial charge in [0.05, 0.1) is 19.1 Å². The maximum Gasteiger partial charge on any atom is 0.244 e. The molecular formula is C25H35N3O5S. The predicted octanol–water partition coefficient (Wildman–Crippen LogP) is 2.96. The Morgan fingerprint density at radius 3 is 2.24 bits per heavy atom. The second-order valence-electron chi connectivity index (χ2n) is 8.79. The molecule has 2 amide bonds. The molecule has 186 valence electrons. The summed E-state index contributed by atoms with van der Waals surface area (Å²) in [7, 11) is -2.25. The van der Waals surface area contributed by atoms with Crippen molar-refractivity contribution in [1.82, 2.24) is 10.2 Å². The Labute approximate surface area is 202 Å². The van der Waals surface area contributed by atoms with Crippen LogP contribution in [0.3, 0.4) is 0 Å². The maximum atomic E-state index is 13.5. The third-order valence-corrected chi connectivity index (χ3v) is 6.47. The van der Waals surface area contributed by atoms with Gasteiger partial charge in [-0.05, 0) is 49.6 Å². The number of hydrogen-bond acceptors (Lipinski definition) is 5. The Morgan fingerprint density at radius 2 is 1.71 bits per heavy atom. The molecule has 0 unspecified atom stereocenters. The summed E-state index contributed by atoms with van der Waals surface area (Å²) in [6.45, 7) is 7.80. The average molecular weight is 490 g/mol. The maximum absolute atomic E-state index is 13.5. The van der Waals surface area contributed by atoms with Crippen molar-refractivity contribution < 1.29 is 22.7 Å². The second-order valence-corrected chi connectivity index (χ2v) is 10.7. The lowest BCUT2D eigenvalue weighted by Crippen LogP contribution is -2.51. The second kappa shape index (κ2) is 11.9. The molecule has 2 rings (SSSR count). The number of hydrogen-bond donors (Lipinski definition) is 1. The van der Waals surface area contributed by atoms with E-state index in [2.05, 4.69) is 5.32 Å². The van der Waals surface area contributed by atoms with E-state index in [9.17, 15) is 18.0 Å². The van der Waals surface area contributed by atoms with E-state index in [1.807, 2.05) is 45.0 Å². The standard InChI is InChI=1S/C25H35N3O5S/c1-18(2)15-26-25(30)20(4)27(16-21-9-7-8-19(3)14-21)24(29)17-28(34(6,31)32)22-10-12-23(33-5)13-11-22/h7-14,18,20H,15-17H2,1-6H3,(H,26,30)/t20-/m0/s1. The molecule has 0 aliphatic rings. The zero-order chi connectivity index (χ0) is 25.5. The summed E-state index contributed by atoms with van der Waals surface area (Å²) in [6, 6.07) is 13.3. The van der Waals surface area contributed by atoms with Gasteiger partial charge in [-0.15, -0.1) is 0 Å². The van der Waals surface area contributed by atoms with Crippen molar-refractivity contribution in [3.8, 4) is 5.75 Å². The summed E-state index contributed by atoms with van der Waals surface area (Å²) >= 11 is 0. The summed E-state index contributed by atoms with van der Waals surface area (Å²) in [6.07, 6.45) is 1.05. The molecule has 0 radical (unpaired) electrons. The molecule has 9 heteroatoms. The van der Waals surface area contributed by atoms with E-state index >= 15 is 0 Å². The number of methoxy groups -OCH3 is 1. The molecule has 0 aromatic heterocycles. The fourth-order valence-corrected chi connectivity index (χ4v) is 4.25. The highest BCUT2D eigenvalue weighted by atomic mass is 32.2. The van der Waals surface area contributed by atoms with Crippen LogP contribution in [-0.2, 0) is 26.2 Å². The highest BCUT2D eigenvalue weighted by Gasteiger charge is 2.30. The van der Waals surface area contributed by atoms with Crippen LogP contribution in [0.15, 0.2) is 48.5 Å². The summed E-state index contributed by atoms with van der Waals surface area (Å²) in [4.78, 5) is 27.7. The zero-order valence-corrected chi connectivity index (χ0v) is 21.6. The fraction of sp³-hybridized carbons (Fsp3) is 0.440. The molecule has 0 aliphatic heterocycles. The van der Waals surface area contributed by atoms with Crippen LogP contribution in [0.4, 0.5) is 5.69 Å². The van der Waals surface area contributed by atoms with Gasteiger partial charge in [-0.3, -0.25) is 13.9 Å². The van der Waals surface area contributed by atoms with Crippen LogP contribution in [-0.4, -0.2) is 57.6 Å². The molecule has 0 saturated carbocycles. The zero-order valence-electron chi connectivity index (χ0n) is 20.7. The highest BCUT2D eigenvalue weighted by molar-refractivity contribution is 7.92. The van der Waals surface area contributed by atoms with Crippen molar-refractivity contribution >= 4 is 27.5 Å². The third-order valence-electron chi connectivity index (χ3n) is 5.33. The molecule has 0 bridgehead atoms. The van der Waals surface area contributed by atoms with Crippen molar-refractivity contribution in [3.63, 3.8) is 0 Å². The lowest BCUT2D eigenvalue weighted by atomic mass is 10.1. The van der Waals surface area contributed by atoms with Crippen molar-refractivity contribution in [2.75, 3.05) is 30.8 Å². The smallest absolute Gasteiger partial charge is 0.244 e. The molecule has 2 aromatic rings. The number of nitrogens with zero attached hydrogens (tertiary/aromatic N) is 2. The van der Waals surface area contributed by atoms with Gasteiger partial charge in [0, 0.05) is 13.1 Å². The van der Waals surface area contributed by atoms with Gasteiger partial charge in [0.25, 0.3) is 0 Å². The lowest BCUT2D eigenvalue weighted by molar-refractivity contribution is -0.139. The van der Waals surface area contributed by atoms with Crippen LogP contribution < -0.4 is 14.4 Å². The number of sulfonamides is 1. The minimum atomic E-state index is -3.77. The average Bonchev–Trinajstić information content (AvgIpc) is 2.78. The van der Waals surface area contributed by atoms with E-state index < -0.39 is 28.5 Å². The molecule has 0 fully saturated rings. The fourth-order valence-electron chi connectivity index (χ4n) is 3.40. The van der Waals surface area contributed by atoms with E-state index in [1.165, 1.54) is 12.0 Å². The Morgan fingerprint density at radius 1 is 1.06 bits per heavy atom. The van der Waals surface area contributed by atoms with Crippen molar-refractivity contribution in [2.24, 2.45) is 5.92 Å². The molecule has 0 spiro atoms. The van der Waals surface area contributed by atoms with Gasteiger partial charge in [0.1, 0.15) is 18.3 Å². The number of nitrogens with one attached hydrogen (secondary N) is 1. The molecule has 0 heterocycles. The Kier molecular flexibility index (Phi) is 9.49. The monoisotopic (exact) mass is 489 g/mol. The van der Waals surface area contributed by atoms with Gasteiger partial charge >= 0.3 is 0 Å². The SMILES string of the molecule is COc1ccc(N(CC(=O)N(Cc2cccc(C)c2)[C@@H](C)C(=O)NCC(C)C)S(C)(=O)=O)cc1. The molecule has 1 N–H and O–H groups in total. The first-order chi connectivity index (χ1) is 15.9. The lowest BCUT2D eigenvalue weighted by Gasteiger charge is -2.31. The summed E-state index contributed by atoms with van der Waals surface area (Å²) in [5, 5.41) is 2.86. The quantitative estimate of drug-likeness (QED) is 0.524. The minimum absolute atomic E-state index is 0.178. The van der Waals surface area contributed by atoms with Crippen LogP contribution >= 0.6 is 0 Å². The summed E-state index contributed by atoms with van der Waals surface area (Å²) in [5.74, 6) is 0.0629. The van der Waals surface area contributed by atoms with Crippen LogP contribution in [0.1, 0.15) is 31.9 Å².